The average molecular weight is 166 g/mol. The second-order valence-electron chi connectivity index (χ2n) is 2.20. The Morgan fingerprint density at radius 3 is 2.20 bits per heavy atom. The van der Waals surface area contributed by atoms with Crippen LogP contribution >= 0.6 is 0 Å². The summed E-state index contributed by atoms with van der Waals surface area (Å²) >= 11 is 0. The quantitative estimate of drug-likeness (QED) is 0.533. The van der Waals surface area contributed by atoms with Crippen molar-refractivity contribution < 1.29 is 13.6 Å². The van der Waals surface area contributed by atoms with E-state index in [2.05, 4.69) is 0 Å². The van der Waals surface area contributed by atoms with Gasteiger partial charge < -0.3 is 5.21 Å². The van der Waals surface area contributed by atoms with Gasteiger partial charge in [-0.15, -0.1) is 0 Å². The highest BCUT2D eigenvalue weighted by Crippen LogP contribution is 2.10. The van der Waals surface area contributed by atoms with Crippen molar-refractivity contribution in [1.82, 2.24) is 9.19 Å². The standard InChI is InChI=1S/C4H10N2O3S/c7-5-10(8,9)6-3-1-2-4-6/h5,7H,1-4H2. The highest BCUT2D eigenvalue weighted by atomic mass is 32.2. The number of rotatable bonds is 2. The molecule has 5 nitrogen and oxygen atoms in total. The molecule has 0 aromatic heterocycles. The lowest BCUT2D eigenvalue weighted by atomic mass is 10.4. The van der Waals surface area contributed by atoms with Crippen molar-refractivity contribution in [3.8, 4) is 0 Å². The number of nitrogens with zero attached hydrogens (tertiary/aromatic N) is 1. The van der Waals surface area contributed by atoms with Crippen molar-refractivity contribution in [1.29, 1.82) is 0 Å². The zero-order valence-electron chi connectivity index (χ0n) is 5.45. The van der Waals surface area contributed by atoms with E-state index in [9.17, 15) is 8.42 Å². The van der Waals surface area contributed by atoms with Gasteiger partial charge in [-0.2, -0.15) is 12.7 Å². The fourth-order valence-corrected chi connectivity index (χ4v) is 1.84. The Hall–Kier alpha value is -0.170. The Morgan fingerprint density at radius 1 is 1.30 bits per heavy atom. The Kier molecular flexibility index (Phi) is 2.24. The fraction of sp³-hybridized carbons (Fsp3) is 1.00. The largest absolute Gasteiger partial charge is 0.301 e. The molecule has 0 spiro atoms. The van der Waals surface area contributed by atoms with Crippen molar-refractivity contribution in [2.24, 2.45) is 0 Å². The van der Waals surface area contributed by atoms with Gasteiger partial charge in [0.05, 0.1) is 0 Å². The van der Waals surface area contributed by atoms with Gasteiger partial charge in [0, 0.05) is 13.1 Å². The highest BCUT2D eigenvalue weighted by Gasteiger charge is 2.23. The van der Waals surface area contributed by atoms with Crippen LogP contribution in [-0.4, -0.2) is 31.0 Å². The van der Waals surface area contributed by atoms with Crippen LogP contribution in [0.15, 0.2) is 0 Å². The molecule has 10 heavy (non-hydrogen) atoms. The summed E-state index contributed by atoms with van der Waals surface area (Å²) in [5.74, 6) is 0. The lowest BCUT2D eigenvalue weighted by Gasteiger charge is -2.11. The van der Waals surface area contributed by atoms with Crippen LogP contribution in [0.4, 0.5) is 0 Å². The molecule has 0 aromatic rings. The fourth-order valence-electron chi connectivity index (χ4n) is 0.986. The second-order valence-corrected chi connectivity index (χ2v) is 3.85. The van der Waals surface area contributed by atoms with Crippen LogP contribution in [0.5, 0.6) is 0 Å². The van der Waals surface area contributed by atoms with E-state index in [1.807, 2.05) is 0 Å². The second kappa shape index (κ2) is 2.83. The molecule has 1 heterocycles. The molecule has 0 radical (unpaired) electrons. The molecule has 1 fully saturated rings. The van der Waals surface area contributed by atoms with Crippen molar-refractivity contribution >= 4 is 10.2 Å². The van der Waals surface area contributed by atoms with Crippen LogP contribution in [0.25, 0.3) is 0 Å². The summed E-state index contributed by atoms with van der Waals surface area (Å²) in [6.45, 7) is 1.02. The minimum Gasteiger partial charge on any atom is -0.301 e. The first-order valence-electron chi connectivity index (χ1n) is 3.08. The first-order valence-corrected chi connectivity index (χ1v) is 4.52. The lowest BCUT2D eigenvalue weighted by Crippen LogP contribution is -2.36. The number of nitrogens with one attached hydrogen (secondary N) is 1. The molecular weight excluding hydrogens is 156 g/mol. The molecule has 0 aliphatic carbocycles. The van der Waals surface area contributed by atoms with Crippen molar-refractivity contribution in [2.45, 2.75) is 12.8 Å². The van der Waals surface area contributed by atoms with E-state index < -0.39 is 10.2 Å². The van der Waals surface area contributed by atoms with E-state index in [1.54, 1.807) is 0 Å². The maximum absolute atomic E-state index is 10.8. The summed E-state index contributed by atoms with van der Waals surface area (Å²) in [5, 5.41) is 8.17. The van der Waals surface area contributed by atoms with Crippen LogP contribution in [0.3, 0.4) is 0 Å². The van der Waals surface area contributed by atoms with Gasteiger partial charge in [0.2, 0.25) is 0 Å². The summed E-state index contributed by atoms with van der Waals surface area (Å²) < 4.78 is 22.7. The SMILES string of the molecule is O=S(=O)(NO)N1CCCC1. The Morgan fingerprint density at radius 2 is 1.80 bits per heavy atom. The minimum atomic E-state index is -3.56. The molecule has 6 heteroatoms. The molecule has 60 valence electrons. The van der Waals surface area contributed by atoms with Crippen LogP contribution in [-0.2, 0) is 10.2 Å². The first-order chi connectivity index (χ1) is 4.67. The number of hydrogen-bond acceptors (Lipinski definition) is 3. The molecule has 1 rings (SSSR count). The predicted octanol–water partition coefficient (Wildman–Crippen LogP) is -0.694. The molecule has 1 aliphatic heterocycles. The third kappa shape index (κ3) is 1.46. The van der Waals surface area contributed by atoms with Gasteiger partial charge in [-0.05, 0) is 12.8 Å². The Balaban J connectivity index is 2.63. The molecular formula is C4H10N2O3S. The number of hydrogen-bond donors (Lipinski definition) is 2. The molecule has 0 atom stereocenters. The molecule has 1 saturated heterocycles. The van der Waals surface area contributed by atoms with Gasteiger partial charge in [-0.1, -0.05) is 4.89 Å². The van der Waals surface area contributed by atoms with E-state index in [4.69, 9.17) is 5.21 Å². The van der Waals surface area contributed by atoms with Crippen LogP contribution in [0.1, 0.15) is 12.8 Å². The van der Waals surface area contributed by atoms with E-state index in [0.29, 0.717) is 13.1 Å². The Labute approximate surface area is 59.8 Å². The molecule has 1 aliphatic rings. The smallest absolute Gasteiger partial charge is 0.301 e. The van der Waals surface area contributed by atoms with Gasteiger partial charge >= 0.3 is 10.2 Å². The van der Waals surface area contributed by atoms with Crippen LogP contribution in [0.2, 0.25) is 0 Å². The summed E-state index contributed by atoms with van der Waals surface area (Å²) in [6, 6.07) is 0. The zero-order valence-corrected chi connectivity index (χ0v) is 6.26. The van der Waals surface area contributed by atoms with Gasteiger partial charge in [0.1, 0.15) is 0 Å². The van der Waals surface area contributed by atoms with Gasteiger partial charge in [0.25, 0.3) is 0 Å². The molecule has 0 saturated carbocycles. The normalized spacial score (nSPS) is 21.7. The average Bonchev–Trinajstić information content (AvgIpc) is 2.38. The van der Waals surface area contributed by atoms with E-state index in [0.717, 1.165) is 12.8 Å². The van der Waals surface area contributed by atoms with Crippen molar-refractivity contribution in [3.05, 3.63) is 0 Å². The summed E-state index contributed by atoms with van der Waals surface area (Å²) in [6.07, 6.45) is 1.75. The molecule has 0 aromatic carbocycles. The summed E-state index contributed by atoms with van der Waals surface area (Å²) in [7, 11) is -3.56. The zero-order chi connectivity index (χ0) is 7.61. The molecule has 0 unspecified atom stereocenters. The van der Waals surface area contributed by atoms with Crippen molar-refractivity contribution in [2.75, 3.05) is 13.1 Å². The molecule has 2 N–H and O–H groups in total. The topological polar surface area (TPSA) is 69.6 Å². The van der Waals surface area contributed by atoms with Crippen LogP contribution < -0.4 is 4.89 Å². The third-order valence-corrected chi connectivity index (χ3v) is 2.80. The minimum absolute atomic E-state index is 0.510. The van der Waals surface area contributed by atoms with Gasteiger partial charge in [-0.25, -0.2) is 0 Å². The highest BCUT2D eigenvalue weighted by molar-refractivity contribution is 7.86. The molecule has 0 bridgehead atoms. The predicted molar refractivity (Wildman–Crippen MR) is 34.6 cm³/mol. The van der Waals surface area contributed by atoms with E-state index in [1.165, 1.54) is 9.19 Å². The van der Waals surface area contributed by atoms with Crippen molar-refractivity contribution in [3.63, 3.8) is 0 Å². The Bertz CT molecular complexity index is 195. The monoisotopic (exact) mass is 166 g/mol. The van der Waals surface area contributed by atoms with E-state index >= 15 is 0 Å². The first kappa shape index (κ1) is 7.93. The summed E-state index contributed by atoms with van der Waals surface area (Å²) in [4.78, 5) is 1.28. The molecule has 0 amide bonds. The van der Waals surface area contributed by atoms with Gasteiger partial charge in [0.15, 0.2) is 0 Å². The summed E-state index contributed by atoms with van der Waals surface area (Å²) in [5.41, 5.74) is 0. The maximum Gasteiger partial charge on any atom is 0.301 e. The van der Waals surface area contributed by atoms with Crippen LogP contribution in [0, 0.1) is 0 Å². The lowest BCUT2D eigenvalue weighted by molar-refractivity contribution is 0.231. The van der Waals surface area contributed by atoms with E-state index in [-0.39, 0.29) is 0 Å². The third-order valence-electron chi connectivity index (χ3n) is 1.52. The maximum atomic E-state index is 10.8. The van der Waals surface area contributed by atoms with Gasteiger partial charge in [-0.3, -0.25) is 0 Å².